The Bertz CT molecular complexity index is 725. The Balaban J connectivity index is 2.39. The largest absolute Gasteiger partial charge is 0.370 e. The molecule has 1 heterocycles. The van der Waals surface area contributed by atoms with Crippen LogP contribution in [0.1, 0.15) is 27.5 Å². The normalized spacial score (nSPS) is 11.6. The second-order valence-corrected chi connectivity index (χ2v) is 5.86. The third kappa shape index (κ3) is 4.11. The predicted molar refractivity (Wildman–Crippen MR) is 96.7 cm³/mol. The lowest BCUT2D eigenvalue weighted by atomic mass is 9.99. The van der Waals surface area contributed by atoms with Gasteiger partial charge in [-0.2, -0.15) is 4.57 Å². The van der Waals surface area contributed by atoms with E-state index in [2.05, 4.69) is 11.9 Å². The van der Waals surface area contributed by atoms with Crippen LogP contribution < -0.4 is 9.88 Å². The van der Waals surface area contributed by atoms with Crippen molar-refractivity contribution in [2.45, 2.75) is 19.9 Å². The number of benzene rings is 1. The summed E-state index contributed by atoms with van der Waals surface area (Å²) in [5.74, 6) is -0.0223. The zero-order valence-electron chi connectivity index (χ0n) is 13.5. The highest BCUT2D eigenvalue weighted by Gasteiger charge is 2.32. The highest BCUT2D eigenvalue weighted by Crippen LogP contribution is 2.15. The summed E-state index contributed by atoms with van der Waals surface area (Å²) >= 11 is 5.46. The number of hydrogen-bond acceptors (Lipinski definition) is 2. The van der Waals surface area contributed by atoms with Crippen molar-refractivity contribution in [2.24, 2.45) is 0 Å². The number of aromatic nitrogens is 1. The highest BCUT2D eigenvalue weighted by atomic mass is 32.1. The van der Waals surface area contributed by atoms with E-state index in [4.69, 9.17) is 12.2 Å². The van der Waals surface area contributed by atoms with Crippen molar-refractivity contribution >= 4 is 23.0 Å². The van der Waals surface area contributed by atoms with Gasteiger partial charge in [0, 0.05) is 24.2 Å². The zero-order valence-corrected chi connectivity index (χ0v) is 14.3. The molecule has 0 saturated heterocycles. The Kier molecular flexibility index (Phi) is 5.77. The topological polar surface area (TPSA) is 33.0 Å². The van der Waals surface area contributed by atoms with Gasteiger partial charge in [0.1, 0.15) is 0 Å². The average Bonchev–Trinajstić information content (AvgIpc) is 2.56. The van der Waals surface area contributed by atoms with Crippen LogP contribution in [-0.4, -0.2) is 17.3 Å². The molecule has 3 nitrogen and oxygen atoms in total. The van der Waals surface area contributed by atoms with Gasteiger partial charge in [0.05, 0.1) is 0 Å². The van der Waals surface area contributed by atoms with E-state index in [1.54, 1.807) is 6.08 Å². The highest BCUT2D eigenvalue weighted by molar-refractivity contribution is 7.80. The molecule has 0 bridgehead atoms. The first kappa shape index (κ1) is 17.0. The molecule has 4 heteroatoms. The maximum Gasteiger partial charge on any atom is 0.270 e. The maximum atomic E-state index is 13.0. The fourth-order valence-electron chi connectivity index (χ4n) is 2.30. The van der Waals surface area contributed by atoms with Crippen LogP contribution in [-0.2, 0) is 0 Å². The molecule has 1 aromatic carbocycles. The van der Waals surface area contributed by atoms with Crippen LogP contribution in [0, 0.1) is 13.8 Å². The molecule has 0 fully saturated rings. The Morgan fingerprint density at radius 2 is 1.96 bits per heavy atom. The first-order valence-corrected chi connectivity index (χ1v) is 7.91. The Hall–Kier alpha value is -2.33. The van der Waals surface area contributed by atoms with Crippen LogP contribution in [0.4, 0.5) is 0 Å². The van der Waals surface area contributed by atoms with E-state index in [-0.39, 0.29) is 5.78 Å². The molecule has 1 atom stereocenters. The lowest BCUT2D eigenvalue weighted by molar-refractivity contribution is -0.692. The van der Waals surface area contributed by atoms with E-state index in [1.165, 1.54) is 0 Å². The fraction of sp³-hybridized carbons (Fsp3) is 0.211. The van der Waals surface area contributed by atoms with Crippen LogP contribution in [0.15, 0.2) is 61.4 Å². The first-order chi connectivity index (χ1) is 11.0. The molecule has 0 saturated carbocycles. The molecular weight excluding hydrogens is 304 g/mol. The quantitative estimate of drug-likeness (QED) is 0.383. The molecule has 0 aliphatic carbocycles. The average molecular weight is 325 g/mol. The third-order valence-corrected chi connectivity index (χ3v) is 4.11. The molecule has 0 aliphatic heterocycles. The summed E-state index contributed by atoms with van der Waals surface area (Å²) < 4.78 is 1.83. The smallest absolute Gasteiger partial charge is 0.270 e. The Labute approximate surface area is 142 Å². The number of nitrogens with zero attached hydrogens (tertiary/aromatic N) is 1. The molecule has 0 unspecified atom stereocenters. The fourth-order valence-corrected chi connectivity index (χ4v) is 2.61. The van der Waals surface area contributed by atoms with Crippen molar-refractivity contribution in [3.63, 3.8) is 0 Å². The Morgan fingerprint density at radius 3 is 2.57 bits per heavy atom. The lowest BCUT2D eigenvalue weighted by Gasteiger charge is -2.14. The molecule has 2 rings (SSSR count). The molecule has 0 aliphatic rings. The van der Waals surface area contributed by atoms with Gasteiger partial charge >= 0.3 is 0 Å². The van der Waals surface area contributed by atoms with Crippen molar-refractivity contribution in [3.8, 4) is 0 Å². The Morgan fingerprint density at radius 1 is 1.26 bits per heavy atom. The molecule has 118 valence electrons. The van der Waals surface area contributed by atoms with Gasteiger partial charge in [-0.3, -0.25) is 4.79 Å². The van der Waals surface area contributed by atoms with E-state index in [0.29, 0.717) is 17.1 Å². The van der Waals surface area contributed by atoms with Crippen molar-refractivity contribution in [1.29, 1.82) is 0 Å². The summed E-state index contributed by atoms with van der Waals surface area (Å²) in [6.45, 7) is 8.24. The summed E-state index contributed by atoms with van der Waals surface area (Å²) in [4.78, 5) is 13.5. The molecule has 23 heavy (non-hydrogen) atoms. The second kappa shape index (κ2) is 7.79. The number of aryl methyl sites for hydroxylation is 2. The molecule has 0 amide bonds. The first-order valence-electron chi connectivity index (χ1n) is 7.50. The monoisotopic (exact) mass is 325 g/mol. The molecular formula is C19H21N2OS+. The number of nitrogens with one attached hydrogen (secondary N) is 1. The minimum absolute atomic E-state index is 0.0223. The number of Topliss-reactive ketones (excluding diaryl/α,β-unsaturated/α-hetero) is 1. The van der Waals surface area contributed by atoms with Crippen LogP contribution in [0.25, 0.3) is 0 Å². The lowest BCUT2D eigenvalue weighted by Crippen LogP contribution is -2.51. The third-order valence-electron chi connectivity index (χ3n) is 3.75. The standard InChI is InChI=1S/C19H20N2OS/c1-4-10-20-19(23)17(21-11-6-5-7-12-21)18(22)16-9-8-14(2)15(3)13-16/h4-9,11-13,17H,1,10H2,2-3H3/p+1/t17-/m0/s1. The minimum Gasteiger partial charge on any atom is -0.370 e. The van der Waals surface area contributed by atoms with E-state index >= 15 is 0 Å². The van der Waals surface area contributed by atoms with E-state index in [1.807, 2.05) is 67.2 Å². The summed E-state index contributed by atoms with van der Waals surface area (Å²) in [5, 5.41) is 3.08. The zero-order chi connectivity index (χ0) is 16.8. The second-order valence-electron chi connectivity index (χ2n) is 5.42. The van der Waals surface area contributed by atoms with Gasteiger partial charge < -0.3 is 5.32 Å². The van der Waals surface area contributed by atoms with Crippen molar-refractivity contribution in [2.75, 3.05) is 6.54 Å². The van der Waals surface area contributed by atoms with Crippen molar-refractivity contribution in [1.82, 2.24) is 5.32 Å². The van der Waals surface area contributed by atoms with E-state index in [9.17, 15) is 4.79 Å². The predicted octanol–water partition coefficient (Wildman–Crippen LogP) is 3.12. The molecule has 1 N–H and O–H groups in total. The number of carbonyl (C=O) groups excluding carboxylic acids is 1. The van der Waals surface area contributed by atoms with Crippen LogP contribution >= 0.6 is 12.2 Å². The minimum atomic E-state index is -0.562. The number of carbonyl (C=O) groups is 1. The van der Waals surface area contributed by atoms with Gasteiger partial charge in [-0.15, -0.1) is 6.58 Å². The summed E-state index contributed by atoms with van der Waals surface area (Å²) in [6.07, 6.45) is 5.43. The molecule has 2 aromatic rings. The van der Waals surface area contributed by atoms with Gasteiger partial charge in [0.25, 0.3) is 6.04 Å². The van der Waals surface area contributed by atoms with Crippen LogP contribution in [0.3, 0.4) is 0 Å². The molecule has 1 aromatic heterocycles. The number of hydrogen-bond donors (Lipinski definition) is 1. The van der Waals surface area contributed by atoms with Gasteiger partial charge in [-0.25, -0.2) is 0 Å². The summed E-state index contributed by atoms with van der Waals surface area (Å²) in [7, 11) is 0. The number of ketones is 1. The maximum absolute atomic E-state index is 13.0. The van der Waals surface area contributed by atoms with Gasteiger partial charge in [0.15, 0.2) is 17.4 Å². The molecule has 0 spiro atoms. The van der Waals surface area contributed by atoms with Crippen molar-refractivity contribution < 1.29 is 9.36 Å². The number of rotatable bonds is 6. The van der Waals surface area contributed by atoms with E-state index < -0.39 is 6.04 Å². The van der Waals surface area contributed by atoms with Gasteiger partial charge in [-0.1, -0.05) is 36.5 Å². The van der Waals surface area contributed by atoms with Crippen LogP contribution in [0.2, 0.25) is 0 Å². The van der Waals surface area contributed by atoms with Gasteiger partial charge in [0.2, 0.25) is 5.78 Å². The van der Waals surface area contributed by atoms with Gasteiger partial charge in [-0.05, 0) is 31.0 Å². The van der Waals surface area contributed by atoms with Crippen LogP contribution in [0.5, 0.6) is 0 Å². The molecule has 0 radical (unpaired) electrons. The SMILES string of the molecule is C=CCNC(=S)[C@H](C(=O)c1ccc(C)c(C)c1)[n+]1ccccc1. The number of pyridine rings is 1. The van der Waals surface area contributed by atoms with Crippen molar-refractivity contribution in [3.05, 3.63) is 78.1 Å². The van der Waals surface area contributed by atoms with E-state index in [0.717, 1.165) is 11.1 Å². The summed E-state index contributed by atoms with van der Waals surface area (Å²) in [5.41, 5.74) is 2.92. The number of thiocarbonyl (C=S) groups is 1. The summed E-state index contributed by atoms with van der Waals surface area (Å²) in [6, 6.07) is 10.9.